The number of carbonyl (C=O) groups excluding carboxylic acids is 2. The number of rotatable bonds is 6. The molecule has 33 heavy (non-hydrogen) atoms. The van der Waals surface area contributed by atoms with E-state index in [1.165, 1.54) is 12.1 Å². The van der Waals surface area contributed by atoms with Crippen molar-refractivity contribution < 1.29 is 27.3 Å². The van der Waals surface area contributed by atoms with E-state index in [1.54, 1.807) is 16.9 Å². The number of hydrogen-bond acceptors (Lipinski definition) is 6. The van der Waals surface area contributed by atoms with Crippen molar-refractivity contribution in [3.63, 3.8) is 0 Å². The maximum atomic E-state index is 13.8. The van der Waals surface area contributed by atoms with Gasteiger partial charge in [0.15, 0.2) is 0 Å². The molecular weight excluding hydrogens is 589 g/mol. The van der Waals surface area contributed by atoms with Gasteiger partial charge in [-0.1, -0.05) is 22.0 Å². The molecule has 2 amide bonds. The van der Waals surface area contributed by atoms with E-state index in [0.29, 0.717) is 4.47 Å². The Hall–Kier alpha value is -3.16. The maximum Gasteiger partial charge on any atom is 0.270 e. The topological polar surface area (TPSA) is 135 Å². The molecule has 3 aromatic carbocycles. The van der Waals surface area contributed by atoms with Gasteiger partial charge in [-0.25, -0.2) is 17.5 Å². The minimum absolute atomic E-state index is 0.0179. The Kier molecular flexibility index (Phi) is 7.25. The van der Waals surface area contributed by atoms with Gasteiger partial charge in [-0.05, 0) is 58.4 Å². The Bertz CT molecular complexity index is 1400. The van der Waals surface area contributed by atoms with E-state index < -0.39 is 43.2 Å². The zero-order chi connectivity index (χ0) is 24.3. The van der Waals surface area contributed by atoms with Crippen LogP contribution in [0.5, 0.6) is 0 Å². The van der Waals surface area contributed by atoms with Gasteiger partial charge in [-0.15, -0.1) is 0 Å². The number of nitrogens with zero attached hydrogens (tertiary/aromatic N) is 1. The maximum absolute atomic E-state index is 13.8. The molecule has 0 radical (unpaired) electrons. The molecular formula is C20H12Br2FN3O6S. The summed E-state index contributed by atoms with van der Waals surface area (Å²) in [6.45, 7) is 0. The van der Waals surface area contributed by atoms with Crippen LogP contribution in [-0.4, -0.2) is 25.2 Å². The lowest BCUT2D eigenvalue weighted by molar-refractivity contribution is -0.385. The molecule has 9 nitrogen and oxygen atoms in total. The first-order valence-corrected chi connectivity index (χ1v) is 11.9. The molecule has 3 rings (SSSR count). The number of nitro groups is 1. The average Bonchev–Trinajstić information content (AvgIpc) is 2.73. The first-order valence-electron chi connectivity index (χ1n) is 8.85. The number of nitrogens with one attached hydrogen (secondary N) is 2. The second-order valence-electron chi connectivity index (χ2n) is 6.46. The molecule has 0 spiro atoms. The Balaban J connectivity index is 1.93. The number of non-ortho nitro benzene ring substituents is 1. The monoisotopic (exact) mass is 599 g/mol. The molecule has 0 unspecified atom stereocenters. The van der Waals surface area contributed by atoms with Crippen molar-refractivity contribution in [1.82, 2.24) is 4.72 Å². The first-order chi connectivity index (χ1) is 15.5. The number of amides is 2. The second kappa shape index (κ2) is 9.77. The van der Waals surface area contributed by atoms with Crippen LogP contribution in [0.1, 0.15) is 20.7 Å². The molecule has 0 fully saturated rings. The molecule has 0 aliphatic heterocycles. The zero-order valence-corrected chi connectivity index (χ0v) is 20.2. The molecule has 0 saturated carbocycles. The van der Waals surface area contributed by atoms with Gasteiger partial charge >= 0.3 is 0 Å². The van der Waals surface area contributed by atoms with Crippen molar-refractivity contribution in [2.24, 2.45) is 0 Å². The highest BCUT2D eigenvalue weighted by atomic mass is 79.9. The van der Waals surface area contributed by atoms with Gasteiger partial charge in [-0.2, -0.15) is 0 Å². The van der Waals surface area contributed by atoms with Crippen LogP contribution in [0.2, 0.25) is 0 Å². The fourth-order valence-electron chi connectivity index (χ4n) is 2.69. The fourth-order valence-corrected chi connectivity index (χ4v) is 5.04. The van der Waals surface area contributed by atoms with Gasteiger partial charge < -0.3 is 5.32 Å². The summed E-state index contributed by atoms with van der Waals surface area (Å²) in [5.74, 6) is -2.63. The highest BCUT2D eigenvalue weighted by molar-refractivity contribution is 9.10. The van der Waals surface area contributed by atoms with E-state index in [1.807, 2.05) is 0 Å². The van der Waals surface area contributed by atoms with Crippen molar-refractivity contribution in [2.45, 2.75) is 4.90 Å². The molecule has 0 saturated heterocycles. The van der Waals surface area contributed by atoms with Crippen molar-refractivity contribution in [1.29, 1.82) is 0 Å². The van der Waals surface area contributed by atoms with Crippen LogP contribution in [0.3, 0.4) is 0 Å². The number of anilines is 1. The smallest absolute Gasteiger partial charge is 0.270 e. The van der Waals surface area contributed by atoms with Crippen LogP contribution in [0, 0.1) is 15.9 Å². The van der Waals surface area contributed by atoms with Crippen molar-refractivity contribution in [2.75, 3.05) is 5.32 Å². The van der Waals surface area contributed by atoms with E-state index in [0.717, 1.165) is 36.4 Å². The minimum Gasteiger partial charge on any atom is -0.321 e. The molecule has 0 bridgehead atoms. The standard InChI is InChI=1S/C20H12Br2FN3O6S/c21-12-3-1-2-11(8-12)19(27)24-17-9-13(23)4-6-15(17)20(28)25-33(31,32)18-10-14(26(29)30)5-7-16(18)22/h1-10H,(H,24,27)(H,25,28). The van der Waals surface area contributed by atoms with E-state index >= 15 is 0 Å². The number of benzene rings is 3. The number of hydrogen-bond donors (Lipinski definition) is 2. The summed E-state index contributed by atoms with van der Waals surface area (Å²) in [4.78, 5) is 34.9. The molecule has 170 valence electrons. The van der Waals surface area contributed by atoms with Gasteiger partial charge in [0.05, 0.1) is 16.2 Å². The minimum atomic E-state index is -4.57. The number of carbonyl (C=O) groups is 2. The predicted molar refractivity (Wildman–Crippen MR) is 124 cm³/mol. The highest BCUT2D eigenvalue weighted by Crippen LogP contribution is 2.27. The fraction of sp³-hybridized carbons (Fsp3) is 0. The van der Waals surface area contributed by atoms with Crippen LogP contribution in [0.4, 0.5) is 15.8 Å². The molecule has 0 aliphatic carbocycles. The summed E-state index contributed by atoms with van der Waals surface area (Å²) in [6.07, 6.45) is 0. The van der Waals surface area contributed by atoms with Crippen LogP contribution < -0.4 is 10.0 Å². The molecule has 0 heterocycles. The van der Waals surface area contributed by atoms with Crippen molar-refractivity contribution in [3.05, 3.63) is 96.7 Å². The Morgan fingerprint density at radius 2 is 1.70 bits per heavy atom. The lowest BCUT2D eigenvalue weighted by atomic mass is 10.1. The molecule has 2 N–H and O–H groups in total. The quantitative estimate of drug-likeness (QED) is 0.313. The summed E-state index contributed by atoms with van der Waals surface area (Å²) in [5, 5.41) is 13.4. The third kappa shape index (κ3) is 5.80. The molecule has 0 atom stereocenters. The molecule has 0 aliphatic rings. The largest absolute Gasteiger partial charge is 0.321 e. The Morgan fingerprint density at radius 3 is 2.36 bits per heavy atom. The number of sulfonamides is 1. The Morgan fingerprint density at radius 1 is 0.970 bits per heavy atom. The number of nitro benzene ring substituents is 1. The molecule has 0 aromatic heterocycles. The van der Waals surface area contributed by atoms with E-state index in [4.69, 9.17) is 0 Å². The Labute approximate surface area is 203 Å². The van der Waals surface area contributed by atoms with Gasteiger partial charge in [0.1, 0.15) is 10.7 Å². The summed E-state index contributed by atoms with van der Waals surface area (Å²) in [7, 11) is -4.57. The van der Waals surface area contributed by atoms with Crippen molar-refractivity contribution >= 4 is 65.1 Å². The lowest BCUT2D eigenvalue weighted by Crippen LogP contribution is -2.31. The van der Waals surface area contributed by atoms with E-state index in [-0.39, 0.29) is 21.3 Å². The summed E-state index contributed by atoms with van der Waals surface area (Å²) >= 11 is 6.21. The van der Waals surface area contributed by atoms with E-state index in [2.05, 4.69) is 37.2 Å². The van der Waals surface area contributed by atoms with Gasteiger partial charge in [-0.3, -0.25) is 19.7 Å². The van der Waals surface area contributed by atoms with Gasteiger partial charge in [0, 0.05) is 26.6 Å². The summed E-state index contributed by atoms with van der Waals surface area (Å²) in [5.41, 5.74) is -0.918. The highest BCUT2D eigenvalue weighted by Gasteiger charge is 2.26. The van der Waals surface area contributed by atoms with Crippen molar-refractivity contribution in [3.8, 4) is 0 Å². The van der Waals surface area contributed by atoms with Crippen LogP contribution in [0.25, 0.3) is 0 Å². The predicted octanol–water partition coefficient (Wildman–Crippen LogP) is 4.63. The SMILES string of the molecule is O=C(Nc1cc(F)ccc1C(=O)NS(=O)(=O)c1cc([N+](=O)[O-])ccc1Br)c1cccc(Br)c1. The van der Waals surface area contributed by atoms with E-state index in [9.17, 15) is 32.5 Å². The molecule has 13 heteroatoms. The second-order valence-corrected chi connectivity index (χ2v) is 9.88. The summed E-state index contributed by atoms with van der Waals surface area (Å²) < 4.78 is 41.6. The van der Waals surface area contributed by atoms with Crippen LogP contribution in [0.15, 0.2) is 74.5 Å². The zero-order valence-electron chi connectivity index (χ0n) is 16.2. The average molecular weight is 601 g/mol. The normalized spacial score (nSPS) is 11.0. The number of halogens is 3. The lowest BCUT2D eigenvalue weighted by Gasteiger charge is -2.13. The third-order valence-electron chi connectivity index (χ3n) is 4.20. The molecule has 3 aromatic rings. The third-order valence-corrected chi connectivity index (χ3v) is 7.02. The summed E-state index contributed by atoms with van der Waals surface area (Å²) in [6, 6.07) is 12.1. The van der Waals surface area contributed by atoms with Crippen LogP contribution in [-0.2, 0) is 10.0 Å². The first kappa shape index (κ1) is 24.5. The van der Waals surface area contributed by atoms with Gasteiger partial charge in [0.2, 0.25) is 0 Å². The van der Waals surface area contributed by atoms with Gasteiger partial charge in [0.25, 0.3) is 27.5 Å². The van der Waals surface area contributed by atoms with Crippen LogP contribution >= 0.6 is 31.9 Å².